The van der Waals surface area contributed by atoms with Crippen molar-refractivity contribution in [3.8, 4) is 0 Å². The number of halogens is 2. The summed E-state index contributed by atoms with van der Waals surface area (Å²) in [6.07, 6.45) is 0. The van der Waals surface area contributed by atoms with E-state index in [0.717, 1.165) is 0 Å². The van der Waals surface area contributed by atoms with Crippen molar-refractivity contribution in [2.24, 2.45) is 0 Å². The third kappa shape index (κ3) is 4.47. The molecule has 27 heavy (non-hydrogen) atoms. The molecule has 1 saturated heterocycles. The lowest BCUT2D eigenvalue weighted by atomic mass is 10.2. The maximum atomic E-state index is 12.6. The van der Waals surface area contributed by atoms with Crippen molar-refractivity contribution in [3.05, 3.63) is 45.8 Å². The minimum Gasteiger partial charge on any atom is -0.323 e. The average molecular weight is 448 g/mol. The number of hydrogen-bond acceptors (Lipinski definition) is 5. The third-order valence-corrected chi connectivity index (χ3v) is 8.59. The summed E-state index contributed by atoms with van der Waals surface area (Å²) in [7, 11) is -3.45. The summed E-state index contributed by atoms with van der Waals surface area (Å²) in [6.45, 7) is 3.42. The number of nitrogens with zero attached hydrogens (tertiary/aromatic N) is 2. The lowest BCUT2D eigenvalue weighted by molar-refractivity contribution is -0.121. The molecule has 0 unspecified atom stereocenters. The molecule has 2 heterocycles. The average Bonchev–Trinajstić information content (AvgIpc) is 3.20. The summed E-state index contributed by atoms with van der Waals surface area (Å²) in [6, 6.07) is 7.95. The second-order valence-corrected chi connectivity index (χ2v) is 10.0. The summed E-state index contributed by atoms with van der Waals surface area (Å²) in [4.78, 5) is 14.5. The van der Waals surface area contributed by atoms with Gasteiger partial charge in [-0.2, -0.15) is 4.31 Å². The van der Waals surface area contributed by atoms with Gasteiger partial charge in [0.15, 0.2) is 0 Å². The quantitative estimate of drug-likeness (QED) is 0.762. The molecule has 0 aliphatic carbocycles. The molecule has 0 spiro atoms. The van der Waals surface area contributed by atoms with Crippen LogP contribution in [0.5, 0.6) is 0 Å². The molecule has 10 heteroatoms. The van der Waals surface area contributed by atoms with Gasteiger partial charge in [0.25, 0.3) is 10.0 Å². The number of thiophene rings is 1. The van der Waals surface area contributed by atoms with Crippen LogP contribution in [-0.4, -0.2) is 55.8 Å². The predicted molar refractivity (Wildman–Crippen MR) is 109 cm³/mol. The highest BCUT2D eigenvalue weighted by molar-refractivity contribution is 7.91. The molecule has 1 fully saturated rings. The van der Waals surface area contributed by atoms with Gasteiger partial charge >= 0.3 is 0 Å². The highest BCUT2D eigenvalue weighted by Crippen LogP contribution is 2.30. The molecule has 1 N–H and O–H groups in total. The fraction of sp³-hybridized carbons (Fsp3) is 0.353. The summed E-state index contributed by atoms with van der Waals surface area (Å²) < 4.78 is 27.0. The van der Waals surface area contributed by atoms with Crippen molar-refractivity contribution in [2.45, 2.75) is 17.2 Å². The normalized spacial score (nSPS) is 17.6. The van der Waals surface area contributed by atoms with E-state index in [2.05, 4.69) is 5.32 Å². The number of carbonyl (C=O) groups excluding carboxylic acids is 1. The minimum atomic E-state index is -3.45. The van der Waals surface area contributed by atoms with Crippen LogP contribution in [0, 0.1) is 0 Å². The molecular formula is C17H19Cl2N3O3S2. The molecule has 1 aliphatic rings. The van der Waals surface area contributed by atoms with Gasteiger partial charge in [0.05, 0.1) is 21.8 Å². The minimum absolute atomic E-state index is 0.214. The molecule has 1 aromatic carbocycles. The van der Waals surface area contributed by atoms with Gasteiger partial charge in [0.2, 0.25) is 5.91 Å². The van der Waals surface area contributed by atoms with Crippen LogP contribution in [0.15, 0.2) is 39.9 Å². The van der Waals surface area contributed by atoms with Crippen LogP contribution in [-0.2, 0) is 14.8 Å². The first kappa shape index (κ1) is 20.6. The second-order valence-electron chi connectivity index (χ2n) is 6.14. The maximum Gasteiger partial charge on any atom is 0.252 e. The number of anilines is 1. The van der Waals surface area contributed by atoms with Crippen LogP contribution >= 0.6 is 34.5 Å². The van der Waals surface area contributed by atoms with E-state index in [1.54, 1.807) is 42.6 Å². The van der Waals surface area contributed by atoms with Crippen molar-refractivity contribution < 1.29 is 13.2 Å². The Morgan fingerprint density at radius 2 is 1.85 bits per heavy atom. The van der Waals surface area contributed by atoms with Gasteiger partial charge in [0.1, 0.15) is 4.21 Å². The Morgan fingerprint density at radius 1 is 1.15 bits per heavy atom. The molecule has 1 aliphatic heterocycles. The number of hydrogen-bond donors (Lipinski definition) is 1. The van der Waals surface area contributed by atoms with E-state index in [0.29, 0.717) is 46.1 Å². The van der Waals surface area contributed by atoms with Gasteiger partial charge in [-0.15, -0.1) is 11.3 Å². The molecule has 6 nitrogen and oxygen atoms in total. The van der Waals surface area contributed by atoms with Gasteiger partial charge in [0, 0.05) is 26.2 Å². The number of benzene rings is 1. The first-order valence-electron chi connectivity index (χ1n) is 8.33. The van der Waals surface area contributed by atoms with E-state index in [-0.39, 0.29) is 5.91 Å². The van der Waals surface area contributed by atoms with E-state index in [4.69, 9.17) is 23.2 Å². The maximum absolute atomic E-state index is 12.6. The first-order chi connectivity index (χ1) is 12.8. The second kappa shape index (κ2) is 8.46. The van der Waals surface area contributed by atoms with Gasteiger partial charge < -0.3 is 5.32 Å². The lowest BCUT2D eigenvalue weighted by Gasteiger charge is -2.36. The molecule has 1 amide bonds. The van der Waals surface area contributed by atoms with Crippen molar-refractivity contribution in [1.82, 2.24) is 9.21 Å². The zero-order valence-electron chi connectivity index (χ0n) is 14.6. The number of piperazine rings is 1. The number of sulfonamides is 1. The van der Waals surface area contributed by atoms with Crippen molar-refractivity contribution in [2.75, 3.05) is 31.5 Å². The molecule has 2 aromatic rings. The van der Waals surface area contributed by atoms with Crippen LogP contribution in [0.4, 0.5) is 5.69 Å². The van der Waals surface area contributed by atoms with Crippen molar-refractivity contribution in [1.29, 1.82) is 0 Å². The fourth-order valence-corrected chi connectivity index (χ4v) is 5.79. The number of amides is 1. The molecule has 1 atom stereocenters. The number of carbonyl (C=O) groups is 1. The molecule has 0 bridgehead atoms. The molecule has 0 radical (unpaired) electrons. The Bertz CT molecular complexity index is 912. The van der Waals surface area contributed by atoms with Crippen LogP contribution in [0.3, 0.4) is 0 Å². The van der Waals surface area contributed by atoms with Crippen molar-refractivity contribution in [3.63, 3.8) is 0 Å². The van der Waals surface area contributed by atoms with Crippen LogP contribution in [0.25, 0.3) is 0 Å². The topological polar surface area (TPSA) is 69.7 Å². The Balaban J connectivity index is 1.60. The Kier molecular flexibility index (Phi) is 6.45. The smallest absolute Gasteiger partial charge is 0.252 e. The van der Waals surface area contributed by atoms with Crippen LogP contribution < -0.4 is 5.32 Å². The molecule has 1 aromatic heterocycles. The standard InChI is InChI=1S/C17H19Cl2N3O3S2/c1-12(17(23)20-14-5-2-4-13(18)16(14)19)21-7-9-22(10-8-21)27(24,25)15-6-3-11-26-15/h2-6,11-12H,7-10H2,1H3,(H,20,23)/t12-/m0/s1. The van der Waals surface area contributed by atoms with Crippen molar-refractivity contribution >= 4 is 56.2 Å². The van der Waals surface area contributed by atoms with E-state index in [1.165, 1.54) is 15.6 Å². The van der Waals surface area contributed by atoms with Gasteiger partial charge in [-0.05, 0) is 30.5 Å². The van der Waals surface area contributed by atoms with Gasteiger partial charge in [-0.25, -0.2) is 8.42 Å². The predicted octanol–water partition coefficient (Wildman–Crippen LogP) is 3.39. The number of nitrogens with one attached hydrogen (secondary N) is 1. The third-order valence-electron chi connectivity index (χ3n) is 4.50. The Morgan fingerprint density at radius 3 is 2.48 bits per heavy atom. The lowest BCUT2D eigenvalue weighted by Crippen LogP contribution is -2.53. The SMILES string of the molecule is C[C@@H](C(=O)Nc1cccc(Cl)c1Cl)N1CCN(S(=O)(=O)c2cccs2)CC1. The van der Waals surface area contributed by atoms with Gasteiger partial charge in [-0.3, -0.25) is 9.69 Å². The molecular weight excluding hydrogens is 429 g/mol. The fourth-order valence-electron chi connectivity index (χ4n) is 2.87. The molecule has 3 rings (SSSR count). The molecule has 0 saturated carbocycles. The van der Waals surface area contributed by atoms with E-state index in [1.807, 2.05) is 4.90 Å². The monoisotopic (exact) mass is 447 g/mol. The van der Waals surface area contributed by atoms with Crippen LogP contribution in [0.2, 0.25) is 10.0 Å². The Labute approximate surface area is 172 Å². The summed E-state index contributed by atoms with van der Waals surface area (Å²) >= 11 is 13.3. The highest BCUT2D eigenvalue weighted by Gasteiger charge is 2.32. The summed E-state index contributed by atoms with van der Waals surface area (Å²) in [5.41, 5.74) is 0.458. The Hall–Kier alpha value is -1.16. The zero-order chi connectivity index (χ0) is 19.6. The van der Waals surface area contributed by atoms with E-state index >= 15 is 0 Å². The van der Waals surface area contributed by atoms with E-state index < -0.39 is 16.1 Å². The summed E-state index contributed by atoms with van der Waals surface area (Å²) in [5.74, 6) is -0.214. The van der Waals surface area contributed by atoms with Gasteiger partial charge in [-0.1, -0.05) is 35.3 Å². The number of rotatable bonds is 5. The highest BCUT2D eigenvalue weighted by atomic mass is 35.5. The largest absolute Gasteiger partial charge is 0.323 e. The van der Waals surface area contributed by atoms with E-state index in [9.17, 15) is 13.2 Å². The molecule has 146 valence electrons. The first-order valence-corrected chi connectivity index (χ1v) is 11.4. The zero-order valence-corrected chi connectivity index (χ0v) is 17.7. The summed E-state index contributed by atoms with van der Waals surface area (Å²) in [5, 5.41) is 5.20. The van der Waals surface area contributed by atoms with Crippen LogP contribution in [0.1, 0.15) is 6.92 Å².